The van der Waals surface area contributed by atoms with Crippen molar-refractivity contribution >= 4 is 23.6 Å². The molecule has 0 atom stereocenters. The molecule has 23 heavy (non-hydrogen) atoms. The Bertz CT molecular complexity index is 665. The molecular formula is C19H20ClNO2. The normalized spacial score (nSPS) is 10.7. The number of nitrogens with one attached hydrogen (secondary N) is 1. The van der Waals surface area contributed by atoms with E-state index in [9.17, 15) is 4.79 Å². The smallest absolute Gasteiger partial charge is 0.244 e. The summed E-state index contributed by atoms with van der Waals surface area (Å²) in [6.45, 7) is 3.19. The van der Waals surface area contributed by atoms with Gasteiger partial charge in [0, 0.05) is 23.2 Å². The van der Waals surface area contributed by atoms with Gasteiger partial charge in [-0.2, -0.15) is 0 Å². The lowest BCUT2D eigenvalue weighted by Gasteiger charge is -2.07. The number of amides is 1. The lowest BCUT2D eigenvalue weighted by atomic mass is 10.2. The quantitative estimate of drug-likeness (QED) is 0.762. The topological polar surface area (TPSA) is 38.3 Å². The molecule has 2 aromatic carbocycles. The van der Waals surface area contributed by atoms with E-state index in [1.807, 2.05) is 36.4 Å². The van der Waals surface area contributed by atoms with Crippen molar-refractivity contribution in [2.45, 2.75) is 19.9 Å². The fourth-order valence-electron chi connectivity index (χ4n) is 1.98. The molecular weight excluding hydrogens is 310 g/mol. The Hall–Kier alpha value is -2.26. The molecule has 0 heterocycles. The highest BCUT2D eigenvalue weighted by molar-refractivity contribution is 6.30. The van der Waals surface area contributed by atoms with Crippen molar-refractivity contribution in [1.29, 1.82) is 0 Å². The van der Waals surface area contributed by atoms with Crippen LogP contribution in [0.5, 0.6) is 5.75 Å². The van der Waals surface area contributed by atoms with E-state index < -0.39 is 0 Å². The first kappa shape index (κ1) is 17.1. The van der Waals surface area contributed by atoms with Gasteiger partial charge in [0.2, 0.25) is 5.91 Å². The van der Waals surface area contributed by atoms with Crippen LogP contribution in [0.2, 0.25) is 5.02 Å². The summed E-state index contributed by atoms with van der Waals surface area (Å²) in [5, 5.41) is 3.53. The van der Waals surface area contributed by atoms with Crippen LogP contribution in [0, 0.1) is 0 Å². The Kier molecular flexibility index (Phi) is 6.70. The molecule has 0 saturated heterocycles. The molecule has 120 valence electrons. The number of hydrogen-bond acceptors (Lipinski definition) is 2. The zero-order valence-corrected chi connectivity index (χ0v) is 13.8. The average molecular weight is 330 g/mol. The van der Waals surface area contributed by atoms with Crippen LogP contribution in [0.3, 0.4) is 0 Å². The number of rotatable bonds is 7. The largest absolute Gasteiger partial charge is 0.493 e. The second kappa shape index (κ2) is 9.01. The summed E-state index contributed by atoms with van der Waals surface area (Å²) < 4.78 is 5.66. The molecule has 0 bridgehead atoms. The van der Waals surface area contributed by atoms with Crippen LogP contribution in [0.25, 0.3) is 6.08 Å². The molecule has 0 fully saturated rings. The maximum Gasteiger partial charge on any atom is 0.244 e. The Morgan fingerprint density at radius 3 is 2.65 bits per heavy atom. The summed E-state index contributed by atoms with van der Waals surface area (Å²) in [7, 11) is 0. The van der Waals surface area contributed by atoms with E-state index in [1.54, 1.807) is 18.2 Å². The van der Waals surface area contributed by atoms with Crippen LogP contribution < -0.4 is 10.1 Å². The predicted octanol–water partition coefficient (Wildman–Crippen LogP) is 4.46. The number of carbonyl (C=O) groups is 1. The highest BCUT2D eigenvalue weighted by atomic mass is 35.5. The van der Waals surface area contributed by atoms with Gasteiger partial charge in [-0.1, -0.05) is 48.9 Å². The lowest BCUT2D eigenvalue weighted by Crippen LogP contribution is -2.20. The number of benzene rings is 2. The zero-order chi connectivity index (χ0) is 16.5. The second-order valence-corrected chi connectivity index (χ2v) is 5.50. The minimum atomic E-state index is -0.148. The molecule has 0 aromatic heterocycles. The fourth-order valence-corrected chi connectivity index (χ4v) is 2.10. The summed E-state index contributed by atoms with van der Waals surface area (Å²) in [5.41, 5.74) is 1.89. The van der Waals surface area contributed by atoms with Crippen molar-refractivity contribution in [3.8, 4) is 5.75 Å². The number of hydrogen-bond donors (Lipinski definition) is 1. The molecule has 0 saturated carbocycles. The van der Waals surface area contributed by atoms with E-state index in [4.69, 9.17) is 16.3 Å². The van der Waals surface area contributed by atoms with E-state index in [0.29, 0.717) is 18.2 Å². The van der Waals surface area contributed by atoms with Crippen LogP contribution >= 0.6 is 11.6 Å². The third-order valence-electron chi connectivity index (χ3n) is 3.17. The average Bonchev–Trinajstić information content (AvgIpc) is 2.58. The Morgan fingerprint density at radius 1 is 1.17 bits per heavy atom. The van der Waals surface area contributed by atoms with Gasteiger partial charge < -0.3 is 10.1 Å². The minimum absolute atomic E-state index is 0.148. The molecule has 0 aliphatic heterocycles. The number of ether oxygens (including phenoxy) is 1. The second-order valence-electron chi connectivity index (χ2n) is 5.06. The van der Waals surface area contributed by atoms with Gasteiger partial charge in [-0.15, -0.1) is 0 Å². The van der Waals surface area contributed by atoms with Gasteiger partial charge in [0.1, 0.15) is 5.75 Å². The van der Waals surface area contributed by atoms with Crippen LogP contribution in [0.4, 0.5) is 0 Å². The number of halogens is 1. The summed E-state index contributed by atoms with van der Waals surface area (Å²) in [4.78, 5) is 11.9. The van der Waals surface area contributed by atoms with E-state index >= 15 is 0 Å². The van der Waals surface area contributed by atoms with E-state index in [0.717, 1.165) is 23.3 Å². The van der Waals surface area contributed by atoms with Crippen molar-refractivity contribution in [2.24, 2.45) is 0 Å². The molecule has 0 unspecified atom stereocenters. The highest BCUT2D eigenvalue weighted by Gasteiger charge is 2.01. The van der Waals surface area contributed by atoms with Gasteiger partial charge in [-0.05, 0) is 36.3 Å². The summed E-state index contributed by atoms with van der Waals surface area (Å²) in [5.74, 6) is 0.640. The highest BCUT2D eigenvalue weighted by Crippen LogP contribution is 2.19. The van der Waals surface area contributed by atoms with Gasteiger partial charge in [0.05, 0.1) is 6.61 Å². The minimum Gasteiger partial charge on any atom is -0.493 e. The molecule has 0 aliphatic rings. The Morgan fingerprint density at radius 2 is 1.91 bits per heavy atom. The van der Waals surface area contributed by atoms with Crippen molar-refractivity contribution < 1.29 is 9.53 Å². The summed E-state index contributed by atoms with van der Waals surface area (Å²) in [6, 6.07) is 15.1. The van der Waals surface area contributed by atoms with Gasteiger partial charge in [0.25, 0.3) is 0 Å². The van der Waals surface area contributed by atoms with E-state index in [-0.39, 0.29) is 5.91 Å². The molecule has 1 N–H and O–H groups in total. The van der Waals surface area contributed by atoms with E-state index in [2.05, 4.69) is 12.2 Å². The van der Waals surface area contributed by atoms with Gasteiger partial charge >= 0.3 is 0 Å². The standard InChI is InChI=1S/C19H20ClNO2/c1-2-13-23-18-6-4-3-5-16(18)9-12-19(22)21-14-15-7-10-17(20)11-8-15/h3-12H,2,13-14H2,1H3,(H,21,22)/b12-9+. The van der Waals surface area contributed by atoms with Crippen LogP contribution in [0.1, 0.15) is 24.5 Å². The first-order chi connectivity index (χ1) is 11.2. The van der Waals surface area contributed by atoms with Crippen molar-refractivity contribution in [1.82, 2.24) is 5.32 Å². The van der Waals surface area contributed by atoms with Crippen molar-refractivity contribution in [2.75, 3.05) is 6.61 Å². The monoisotopic (exact) mass is 329 g/mol. The first-order valence-corrected chi connectivity index (χ1v) is 7.99. The van der Waals surface area contributed by atoms with Crippen LogP contribution in [-0.4, -0.2) is 12.5 Å². The molecule has 0 radical (unpaired) electrons. The van der Waals surface area contributed by atoms with Gasteiger partial charge in [-0.25, -0.2) is 0 Å². The third-order valence-corrected chi connectivity index (χ3v) is 3.43. The maximum atomic E-state index is 11.9. The van der Waals surface area contributed by atoms with Crippen LogP contribution in [0.15, 0.2) is 54.6 Å². The molecule has 2 aromatic rings. The molecule has 0 spiro atoms. The SMILES string of the molecule is CCCOc1ccccc1/C=C/C(=O)NCc1ccc(Cl)cc1. The van der Waals surface area contributed by atoms with Gasteiger partial charge in [-0.3, -0.25) is 4.79 Å². The van der Waals surface area contributed by atoms with Crippen LogP contribution in [-0.2, 0) is 11.3 Å². The molecule has 4 heteroatoms. The number of carbonyl (C=O) groups excluding carboxylic acids is 1. The van der Waals surface area contributed by atoms with Crippen molar-refractivity contribution in [3.05, 3.63) is 70.8 Å². The summed E-state index contributed by atoms with van der Waals surface area (Å²) in [6.07, 6.45) is 4.23. The Labute approximate surface area is 141 Å². The van der Waals surface area contributed by atoms with E-state index in [1.165, 1.54) is 6.08 Å². The fraction of sp³-hybridized carbons (Fsp3) is 0.211. The Balaban J connectivity index is 1.91. The van der Waals surface area contributed by atoms with Gasteiger partial charge in [0.15, 0.2) is 0 Å². The lowest BCUT2D eigenvalue weighted by molar-refractivity contribution is -0.116. The van der Waals surface area contributed by atoms with Crippen molar-refractivity contribution in [3.63, 3.8) is 0 Å². The molecule has 1 amide bonds. The summed E-state index contributed by atoms with van der Waals surface area (Å²) >= 11 is 5.83. The predicted molar refractivity (Wildman–Crippen MR) is 94.6 cm³/mol. The third kappa shape index (κ3) is 5.80. The zero-order valence-electron chi connectivity index (χ0n) is 13.1. The maximum absolute atomic E-state index is 11.9. The molecule has 2 rings (SSSR count). The first-order valence-electron chi connectivity index (χ1n) is 7.61. The molecule has 0 aliphatic carbocycles. The number of para-hydroxylation sites is 1. The molecule has 3 nitrogen and oxygen atoms in total.